The molecule has 1 aliphatic rings. The molecule has 0 spiro atoms. The Morgan fingerprint density at radius 1 is 1.21 bits per heavy atom. The number of rotatable bonds is 5. The first-order valence-corrected chi connectivity index (χ1v) is 6.71. The minimum absolute atomic E-state index is 0.175. The molecule has 2 nitrogen and oxygen atoms in total. The van der Waals surface area contributed by atoms with E-state index in [1.54, 1.807) is 6.20 Å². The molecule has 98 valence electrons. The topological polar surface area (TPSA) is 24.9 Å². The zero-order valence-corrected chi connectivity index (χ0v) is 10.7. The molecule has 0 aliphatic heterocycles. The molecule has 3 heteroatoms. The predicted molar refractivity (Wildman–Crippen MR) is 72.9 cm³/mol. The van der Waals surface area contributed by atoms with Gasteiger partial charge in [0.1, 0.15) is 5.82 Å². The van der Waals surface area contributed by atoms with Crippen molar-refractivity contribution < 1.29 is 4.39 Å². The van der Waals surface area contributed by atoms with E-state index in [1.807, 2.05) is 24.4 Å². The van der Waals surface area contributed by atoms with Crippen LogP contribution in [0.2, 0.25) is 0 Å². The molecule has 19 heavy (non-hydrogen) atoms. The first kappa shape index (κ1) is 12.3. The fraction of sp³-hybridized carbons (Fsp3) is 0.312. The van der Waals surface area contributed by atoms with Gasteiger partial charge in [-0.3, -0.25) is 4.98 Å². The van der Waals surface area contributed by atoms with E-state index in [-0.39, 0.29) is 5.82 Å². The monoisotopic (exact) mass is 256 g/mol. The van der Waals surface area contributed by atoms with Crippen molar-refractivity contribution in [2.24, 2.45) is 5.92 Å². The van der Waals surface area contributed by atoms with E-state index in [9.17, 15) is 4.39 Å². The number of nitrogens with one attached hydrogen (secondary N) is 1. The molecule has 0 saturated heterocycles. The van der Waals surface area contributed by atoms with Gasteiger partial charge in [-0.25, -0.2) is 4.39 Å². The van der Waals surface area contributed by atoms with Gasteiger partial charge in [0.15, 0.2) is 0 Å². The molecule has 2 aromatic rings. The molecular weight excluding hydrogens is 239 g/mol. The summed E-state index contributed by atoms with van der Waals surface area (Å²) in [6.45, 7) is 0.798. The molecule has 0 bridgehead atoms. The van der Waals surface area contributed by atoms with Gasteiger partial charge in [0.25, 0.3) is 0 Å². The van der Waals surface area contributed by atoms with Crippen LogP contribution in [0.15, 0.2) is 48.8 Å². The number of nitrogens with zero attached hydrogens (tertiary/aromatic N) is 1. The Balaban J connectivity index is 1.69. The van der Waals surface area contributed by atoms with E-state index in [4.69, 9.17) is 0 Å². The number of benzene rings is 1. The normalized spacial score (nSPS) is 16.3. The standard InChI is InChI=1S/C16H17FN2/c17-15-7-5-14(6-8-15)16(13-3-4-13)19-11-12-2-1-9-18-10-12/h1-2,5-10,13,16,19H,3-4,11H2. The smallest absolute Gasteiger partial charge is 0.123 e. The number of halogens is 1. The van der Waals surface area contributed by atoms with Crippen LogP contribution in [0.25, 0.3) is 0 Å². The molecule has 1 fully saturated rings. The van der Waals surface area contributed by atoms with E-state index >= 15 is 0 Å². The molecule has 3 rings (SSSR count). The third kappa shape index (κ3) is 3.18. The van der Waals surface area contributed by atoms with Crippen LogP contribution < -0.4 is 5.32 Å². The van der Waals surface area contributed by atoms with Crippen LogP contribution in [0.5, 0.6) is 0 Å². The van der Waals surface area contributed by atoms with Gasteiger partial charge in [-0.05, 0) is 48.1 Å². The van der Waals surface area contributed by atoms with Crippen molar-refractivity contribution in [1.29, 1.82) is 0 Å². The minimum Gasteiger partial charge on any atom is -0.306 e. The van der Waals surface area contributed by atoms with Crippen molar-refractivity contribution in [2.45, 2.75) is 25.4 Å². The summed E-state index contributed by atoms with van der Waals surface area (Å²) < 4.78 is 13.0. The molecule has 1 aromatic carbocycles. The Bertz CT molecular complexity index is 520. The molecule has 1 aromatic heterocycles. The summed E-state index contributed by atoms with van der Waals surface area (Å²) in [5, 5.41) is 3.57. The quantitative estimate of drug-likeness (QED) is 0.886. The van der Waals surface area contributed by atoms with Crippen LogP contribution in [0.4, 0.5) is 4.39 Å². The maximum Gasteiger partial charge on any atom is 0.123 e. The molecule has 1 aliphatic carbocycles. The maximum absolute atomic E-state index is 13.0. The van der Waals surface area contributed by atoms with Gasteiger partial charge in [-0.2, -0.15) is 0 Å². The van der Waals surface area contributed by atoms with Crippen LogP contribution in [-0.4, -0.2) is 4.98 Å². The summed E-state index contributed by atoms with van der Waals surface area (Å²) in [4.78, 5) is 4.12. The van der Waals surface area contributed by atoms with E-state index in [0.717, 1.165) is 6.54 Å². The van der Waals surface area contributed by atoms with Gasteiger partial charge < -0.3 is 5.32 Å². The van der Waals surface area contributed by atoms with Crippen LogP contribution >= 0.6 is 0 Å². The number of aromatic nitrogens is 1. The molecular formula is C16H17FN2. The van der Waals surface area contributed by atoms with Crippen molar-refractivity contribution in [3.8, 4) is 0 Å². The summed E-state index contributed by atoms with van der Waals surface area (Å²) in [7, 11) is 0. The van der Waals surface area contributed by atoms with Crippen molar-refractivity contribution in [1.82, 2.24) is 10.3 Å². The van der Waals surface area contributed by atoms with Gasteiger partial charge >= 0.3 is 0 Å². The summed E-state index contributed by atoms with van der Waals surface area (Å²) in [6, 6.07) is 11.2. The average Bonchev–Trinajstić information content (AvgIpc) is 3.27. The zero-order chi connectivity index (χ0) is 13.1. The van der Waals surface area contributed by atoms with E-state index < -0.39 is 0 Å². The molecule has 1 unspecified atom stereocenters. The molecule has 0 radical (unpaired) electrons. The zero-order valence-electron chi connectivity index (χ0n) is 10.7. The van der Waals surface area contributed by atoms with Crippen LogP contribution in [0, 0.1) is 11.7 Å². The lowest BCUT2D eigenvalue weighted by atomic mass is 10.0. The second kappa shape index (κ2) is 5.49. The highest BCUT2D eigenvalue weighted by Gasteiger charge is 2.31. The molecule has 1 saturated carbocycles. The van der Waals surface area contributed by atoms with Gasteiger partial charge in [0.05, 0.1) is 0 Å². The highest BCUT2D eigenvalue weighted by molar-refractivity contribution is 5.22. The lowest BCUT2D eigenvalue weighted by Crippen LogP contribution is -2.22. The van der Waals surface area contributed by atoms with Crippen LogP contribution in [-0.2, 0) is 6.54 Å². The minimum atomic E-state index is -0.175. The van der Waals surface area contributed by atoms with Gasteiger partial charge in [0, 0.05) is 25.0 Å². The van der Waals surface area contributed by atoms with Crippen molar-refractivity contribution in [3.63, 3.8) is 0 Å². The lowest BCUT2D eigenvalue weighted by molar-refractivity contribution is 0.479. The van der Waals surface area contributed by atoms with Crippen LogP contribution in [0.1, 0.15) is 30.0 Å². The maximum atomic E-state index is 13.0. The van der Waals surface area contributed by atoms with E-state index in [1.165, 1.54) is 36.1 Å². The second-order valence-electron chi connectivity index (χ2n) is 5.11. The molecule has 1 N–H and O–H groups in total. The summed E-state index contributed by atoms with van der Waals surface area (Å²) >= 11 is 0. The second-order valence-corrected chi connectivity index (χ2v) is 5.11. The molecule has 1 atom stereocenters. The fourth-order valence-electron chi connectivity index (χ4n) is 2.39. The highest BCUT2D eigenvalue weighted by Crippen LogP contribution is 2.41. The van der Waals surface area contributed by atoms with E-state index in [2.05, 4.69) is 16.4 Å². The van der Waals surface area contributed by atoms with E-state index in [0.29, 0.717) is 12.0 Å². The van der Waals surface area contributed by atoms with Crippen molar-refractivity contribution >= 4 is 0 Å². The number of hydrogen-bond donors (Lipinski definition) is 1. The number of hydrogen-bond acceptors (Lipinski definition) is 2. The molecule has 0 amide bonds. The van der Waals surface area contributed by atoms with Gasteiger partial charge in [-0.1, -0.05) is 18.2 Å². The van der Waals surface area contributed by atoms with Crippen molar-refractivity contribution in [2.75, 3.05) is 0 Å². The first-order chi connectivity index (χ1) is 9.33. The fourth-order valence-corrected chi connectivity index (χ4v) is 2.39. The summed E-state index contributed by atoms with van der Waals surface area (Å²) in [5.41, 5.74) is 2.35. The Labute approximate surface area is 112 Å². The largest absolute Gasteiger partial charge is 0.306 e. The Kier molecular flexibility index (Phi) is 3.56. The predicted octanol–water partition coefficient (Wildman–Crippen LogP) is 3.46. The Morgan fingerprint density at radius 2 is 2.00 bits per heavy atom. The SMILES string of the molecule is Fc1ccc(C(NCc2cccnc2)C2CC2)cc1. The van der Waals surface area contributed by atoms with Crippen molar-refractivity contribution in [3.05, 3.63) is 65.7 Å². The Hall–Kier alpha value is -1.74. The summed E-state index contributed by atoms with van der Waals surface area (Å²) in [6.07, 6.45) is 6.16. The number of pyridine rings is 1. The lowest BCUT2D eigenvalue weighted by Gasteiger charge is -2.18. The average molecular weight is 256 g/mol. The summed E-state index contributed by atoms with van der Waals surface area (Å²) in [5.74, 6) is 0.507. The first-order valence-electron chi connectivity index (χ1n) is 6.71. The third-order valence-electron chi connectivity index (χ3n) is 3.57. The highest BCUT2D eigenvalue weighted by atomic mass is 19.1. The third-order valence-corrected chi connectivity index (χ3v) is 3.57. The Morgan fingerprint density at radius 3 is 2.63 bits per heavy atom. The van der Waals surface area contributed by atoms with Gasteiger partial charge in [0.2, 0.25) is 0 Å². The van der Waals surface area contributed by atoms with Gasteiger partial charge in [-0.15, -0.1) is 0 Å². The molecule has 1 heterocycles. The van der Waals surface area contributed by atoms with Crippen LogP contribution in [0.3, 0.4) is 0 Å².